The highest BCUT2D eigenvalue weighted by atomic mass is 32.2. The molecule has 0 radical (unpaired) electrons. The smallest absolute Gasteiger partial charge is 0.236 e. The van der Waals surface area contributed by atoms with E-state index in [9.17, 15) is 4.79 Å². The zero-order valence-corrected chi connectivity index (χ0v) is 9.93. The maximum Gasteiger partial charge on any atom is 0.236 e. The molecule has 0 aromatic heterocycles. The fraction of sp³-hybridized carbons (Fsp3) is 0.273. The van der Waals surface area contributed by atoms with Crippen LogP contribution >= 0.6 is 11.8 Å². The summed E-state index contributed by atoms with van der Waals surface area (Å²) in [6.45, 7) is 1.96. The van der Waals surface area contributed by atoms with Crippen molar-refractivity contribution in [2.75, 3.05) is 12.9 Å². The van der Waals surface area contributed by atoms with Crippen molar-refractivity contribution in [3.63, 3.8) is 0 Å². The number of carbonyl (C=O) groups is 1. The molecule has 16 heavy (non-hydrogen) atoms. The third-order valence-electron chi connectivity index (χ3n) is 2.22. The van der Waals surface area contributed by atoms with Gasteiger partial charge in [0.05, 0.1) is 12.9 Å². The Kier molecular flexibility index (Phi) is 3.14. The Bertz CT molecular complexity index is 457. The van der Waals surface area contributed by atoms with Crippen LogP contribution < -0.4 is 10.1 Å². The minimum absolute atomic E-state index is 0.00342. The van der Waals surface area contributed by atoms with E-state index in [4.69, 9.17) is 4.74 Å². The molecule has 1 aromatic carbocycles. The summed E-state index contributed by atoms with van der Waals surface area (Å²) in [7, 11) is 1.61. The molecule has 1 aliphatic rings. The fourth-order valence-electron chi connectivity index (χ4n) is 1.43. The van der Waals surface area contributed by atoms with E-state index in [1.54, 1.807) is 7.11 Å². The van der Waals surface area contributed by atoms with Crippen LogP contribution in [0.1, 0.15) is 5.56 Å². The number of thioether (sulfide) groups is 1. The number of amides is 1. The van der Waals surface area contributed by atoms with Gasteiger partial charge in [0.25, 0.3) is 0 Å². The molecule has 1 fully saturated rings. The van der Waals surface area contributed by atoms with E-state index in [1.165, 1.54) is 11.8 Å². The van der Waals surface area contributed by atoms with Gasteiger partial charge in [-0.05, 0) is 18.6 Å². The number of carbonyl (C=O) groups excluding carboxylic acids is 1. The molecule has 1 N–H and O–H groups in total. The standard InChI is InChI=1S/C11H12N2O2S/c1-7-4-3-5-8(15-2)10(7)13-11-12-9(14)6-16-11/h3-5H,6H2,1-2H3,(H,12,13,14). The van der Waals surface area contributed by atoms with E-state index < -0.39 is 0 Å². The van der Waals surface area contributed by atoms with Gasteiger partial charge in [0, 0.05) is 0 Å². The Balaban J connectivity index is 2.36. The lowest BCUT2D eigenvalue weighted by atomic mass is 10.2. The number of methoxy groups -OCH3 is 1. The Morgan fingerprint density at radius 3 is 2.94 bits per heavy atom. The average molecular weight is 236 g/mol. The third kappa shape index (κ3) is 2.19. The first kappa shape index (κ1) is 11.0. The first-order valence-corrected chi connectivity index (χ1v) is 5.84. The van der Waals surface area contributed by atoms with E-state index >= 15 is 0 Å². The number of hydrogen-bond acceptors (Lipinski definition) is 4. The van der Waals surface area contributed by atoms with Crippen molar-refractivity contribution in [1.29, 1.82) is 0 Å². The molecule has 4 nitrogen and oxygen atoms in total. The highest BCUT2D eigenvalue weighted by molar-refractivity contribution is 8.15. The topological polar surface area (TPSA) is 50.7 Å². The largest absolute Gasteiger partial charge is 0.494 e. The lowest BCUT2D eigenvalue weighted by Crippen LogP contribution is -2.19. The molecule has 0 atom stereocenters. The minimum atomic E-state index is -0.00342. The SMILES string of the molecule is COc1cccc(C)c1N=C1NC(=O)CS1. The van der Waals surface area contributed by atoms with E-state index in [2.05, 4.69) is 10.3 Å². The van der Waals surface area contributed by atoms with Gasteiger partial charge >= 0.3 is 0 Å². The number of ether oxygens (including phenoxy) is 1. The molecule has 0 bridgehead atoms. The van der Waals surface area contributed by atoms with Crippen LogP contribution in [0.2, 0.25) is 0 Å². The number of para-hydroxylation sites is 1. The van der Waals surface area contributed by atoms with Crippen LogP contribution in [0.25, 0.3) is 0 Å². The molecule has 0 aliphatic carbocycles. The molecule has 1 aliphatic heterocycles. The monoisotopic (exact) mass is 236 g/mol. The summed E-state index contributed by atoms with van der Waals surface area (Å²) in [4.78, 5) is 15.4. The third-order valence-corrected chi connectivity index (χ3v) is 3.09. The van der Waals surface area contributed by atoms with Gasteiger partial charge in [0.15, 0.2) is 5.17 Å². The predicted octanol–water partition coefficient (Wildman–Crippen LogP) is 1.85. The van der Waals surface area contributed by atoms with Crippen LogP contribution in [0.4, 0.5) is 5.69 Å². The van der Waals surface area contributed by atoms with Gasteiger partial charge in [-0.25, -0.2) is 4.99 Å². The Morgan fingerprint density at radius 2 is 2.31 bits per heavy atom. The number of aliphatic imine (C=N–C) groups is 1. The van der Waals surface area contributed by atoms with Gasteiger partial charge < -0.3 is 10.1 Å². The van der Waals surface area contributed by atoms with Crippen molar-refractivity contribution >= 4 is 28.5 Å². The van der Waals surface area contributed by atoms with Crippen molar-refractivity contribution in [3.8, 4) is 5.75 Å². The Labute approximate surface area is 98.1 Å². The van der Waals surface area contributed by atoms with Gasteiger partial charge in [-0.3, -0.25) is 4.79 Å². The van der Waals surface area contributed by atoms with Crippen LogP contribution in [0.3, 0.4) is 0 Å². The van der Waals surface area contributed by atoms with Gasteiger partial charge in [-0.1, -0.05) is 23.9 Å². The Hall–Kier alpha value is -1.49. The summed E-state index contributed by atoms with van der Waals surface area (Å²) >= 11 is 1.41. The summed E-state index contributed by atoms with van der Waals surface area (Å²) in [5.41, 5.74) is 1.79. The second-order valence-corrected chi connectivity index (χ2v) is 4.34. The number of nitrogens with zero attached hydrogens (tertiary/aromatic N) is 1. The van der Waals surface area contributed by atoms with Crippen molar-refractivity contribution in [1.82, 2.24) is 5.32 Å². The van der Waals surface area contributed by atoms with Crippen LogP contribution in [-0.2, 0) is 4.79 Å². The van der Waals surface area contributed by atoms with Crippen molar-refractivity contribution in [2.45, 2.75) is 6.92 Å². The second kappa shape index (κ2) is 4.57. The number of rotatable bonds is 2. The van der Waals surface area contributed by atoms with Gasteiger partial charge in [0.2, 0.25) is 5.91 Å². The first-order valence-electron chi connectivity index (χ1n) is 4.85. The van der Waals surface area contributed by atoms with Gasteiger partial charge in [-0.15, -0.1) is 0 Å². The predicted molar refractivity (Wildman–Crippen MR) is 65.4 cm³/mol. The lowest BCUT2D eigenvalue weighted by molar-refractivity contribution is -0.116. The molecule has 84 valence electrons. The number of benzene rings is 1. The van der Waals surface area contributed by atoms with Gasteiger partial charge in [-0.2, -0.15) is 0 Å². The summed E-state index contributed by atoms with van der Waals surface area (Å²) in [6, 6.07) is 5.73. The highest BCUT2D eigenvalue weighted by Crippen LogP contribution is 2.31. The summed E-state index contributed by atoms with van der Waals surface area (Å²) in [5, 5.41) is 3.34. The molecule has 5 heteroatoms. The Morgan fingerprint density at radius 1 is 1.50 bits per heavy atom. The van der Waals surface area contributed by atoms with E-state index in [-0.39, 0.29) is 5.91 Å². The second-order valence-electron chi connectivity index (χ2n) is 3.38. The molecule has 1 saturated heterocycles. The molecule has 1 heterocycles. The molecule has 0 saturated carbocycles. The highest BCUT2D eigenvalue weighted by Gasteiger charge is 2.17. The maximum atomic E-state index is 11.0. The lowest BCUT2D eigenvalue weighted by Gasteiger charge is -2.07. The van der Waals surface area contributed by atoms with E-state index in [1.807, 2.05) is 25.1 Å². The van der Waals surface area contributed by atoms with E-state index in [0.29, 0.717) is 16.7 Å². The summed E-state index contributed by atoms with van der Waals surface area (Å²) in [6.07, 6.45) is 0. The van der Waals surface area contributed by atoms with Crippen molar-refractivity contribution < 1.29 is 9.53 Å². The number of amidine groups is 1. The zero-order chi connectivity index (χ0) is 11.5. The quantitative estimate of drug-likeness (QED) is 0.852. The van der Waals surface area contributed by atoms with Crippen LogP contribution in [-0.4, -0.2) is 23.9 Å². The fourth-order valence-corrected chi connectivity index (χ4v) is 2.11. The van der Waals surface area contributed by atoms with Crippen LogP contribution in [0.5, 0.6) is 5.75 Å². The molecular formula is C11H12N2O2S. The zero-order valence-electron chi connectivity index (χ0n) is 9.11. The van der Waals surface area contributed by atoms with Crippen LogP contribution in [0.15, 0.2) is 23.2 Å². The van der Waals surface area contributed by atoms with E-state index in [0.717, 1.165) is 11.3 Å². The molecule has 1 aromatic rings. The summed E-state index contributed by atoms with van der Waals surface area (Å²) < 4.78 is 5.23. The normalized spacial score (nSPS) is 17.6. The molecule has 1 amide bonds. The van der Waals surface area contributed by atoms with Crippen LogP contribution in [0, 0.1) is 6.92 Å². The molecule has 0 spiro atoms. The van der Waals surface area contributed by atoms with Gasteiger partial charge in [0.1, 0.15) is 11.4 Å². The number of nitrogens with one attached hydrogen (secondary N) is 1. The molecule has 2 rings (SSSR count). The number of aryl methyl sites for hydroxylation is 1. The molecular weight excluding hydrogens is 224 g/mol. The number of hydrogen-bond donors (Lipinski definition) is 1. The summed E-state index contributed by atoms with van der Waals surface area (Å²) in [5.74, 6) is 1.15. The van der Waals surface area contributed by atoms with Crippen molar-refractivity contribution in [3.05, 3.63) is 23.8 Å². The maximum absolute atomic E-state index is 11.0. The first-order chi connectivity index (χ1) is 7.70. The minimum Gasteiger partial charge on any atom is -0.494 e. The average Bonchev–Trinajstić information content (AvgIpc) is 2.67. The molecule has 0 unspecified atom stereocenters. The van der Waals surface area contributed by atoms with Crippen molar-refractivity contribution in [2.24, 2.45) is 4.99 Å².